The SMILES string of the molecule is OB(O)c1ccc(-c2cocc2-c2ccc(O)cc2)cc1. The van der Waals surface area contributed by atoms with Crippen molar-refractivity contribution < 1.29 is 19.6 Å². The molecule has 0 saturated heterocycles. The minimum atomic E-state index is -1.47. The largest absolute Gasteiger partial charge is 0.508 e. The number of phenols is 1. The predicted molar refractivity (Wildman–Crippen MR) is 81.1 cm³/mol. The lowest BCUT2D eigenvalue weighted by atomic mass is 9.80. The van der Waals surface area contributed by atoms with E-state index in [4.69, 9.17) is 14.5 Å². The van der Waals surface area contributed by atoms with Crippen LogP contribution in [0.15, 0.2) is 65.5 Å². The third-order valence-corrected chi connectivity index (χ3v) is 3.36. The van der Waals surface area contributed by atoms with Gasteiger partial charge in [0.25, 0.3) is 0 Å². The van der Waals surface area contributed by atoms with E-state index in [9.17, 15) is 5.11 Å². The summed E-state index contributed by atoms with van der Waals surface area (Å²) in [5, 5.41) is 27.6. The van der Waals surface area contributed by atoms with E-state index in [1.54, 1.807) is 36.8 Å². The summed E-state index contributed by atoms with van der Waals surface area (Å²) in [7, 11) is -1.47. The number of phenolic OH excluding ortho intramolecular Hbond substituents is 1. The maximum absolute atomic E-state index is 9.35. The summed E-state index contributed by atoms with van der Waals surface area (Å²) in [5.41, 5.74) is 4.10. The zero-order valence-corrected chi connectivity index (χ0v) is 11.1. The van der Waals surface area contributed by atoms with Gasteiger partial charge in [0.15, 0.2) is 0 Å². The van der Waals surface area contributed by atoms with Crippen LogP contribution >= 0.6 is 0 Å². The molecule has 0 atom stereocenters. The molecule has 0 radical (unpaired) electrons. The molecule has 3 N–H and O–H groups in total. The standard InChI is InChI=1S/C16H13BO4/c18-14-7-3-12(4-8-14)16-10-21-9-15(16)11-1-5-13(6-2-11)17(19)20/h1-10,18-20H. The van der Waals surface area contributed by atoms with Crippen LogP contribution in [0.25, 0.3) is 22.3 Å². The zero-order valence-electron chi connectivity index (χ0n) is 11.1. The maximum Gasteiger partial charge on any atom is 0.488 e. The molecule has 0 aliphatic rings. The van der Waals surface area contributed by atoms with Gasteiger partial charge in [0.2, 0.25) is 0 Å². The van der Waals surface area contributed by atoms with Crippen LogP contribution in [0, 0.1) is 0 Å². The first-order chi connectivity index (χ1) is 10.1. The van der Waals surface area contributed by atoms with Crippen molar-refractivity contribution in [3.8, 4) is 28.0 Å². The van der Waals surface area contributed by atoms with Crippen molar-refractivity contribution in [2.45, 2.75) is 0 Å². The molecule has 0 aliphatic heterocycles. The normalized spacial score (nSPS) is 10.6. The summed E-state index contributed by atoms with van der Waals surface area (Å²) < 4.78 is 5.30. The lowest BCUT2D eigenvalue weighted by Gasteiger charge is -2.05. The van der Waals surface area contributed by atoms with Gasteiger partial charge in [-0.3, -0.25) is 0 Å². The quantitative estimate of drug-likeness (QED) is 0.641. The first-order valence-corrected chi connectivity index (χ1v) is 6.47. The highest BCUT2D eigenvalue weighted by Gasteiger charge is 2.13. The Balaban J connectivity index is 2.00. The van der Waals surface area contributed by atoms with E-state index in [-0.39, 0.29) is 5.75 Å². The summed E-state index contributed by atoms with van der Waals surface area (Å²) >= 11 is 0. The number of aromatic hydroxyl groups is 1. The van der Waals surface area contributed by atoms with Gasteiger partial charge in [-0.1, -0.05) is 36.4 Å². The number of hydrogen-bond donors (Lipinski definition) is 3. The molecule has 3 rings (SSSR count). The fourth-order valence-electron chi connectivity index (χ4n) is 2.22. The Morgan fingerprint density at radius 3 is 1.67 bits per heavy atom. The van der Waals surface area contributed by atoms with Crippen molar-refractivity contribution in [3.63, 3.8) is 0 Å². The predicted octanol–water partition coefficient (Wildman–Crippen LogP) is 2.00. The third kappa shape index (κ3) is 2.70. The molecule has 0 aliphatic carbocycles. The van der Waals surface area contributed by atoms with E-state index >= 15 is 0 Å². The average molecular weight is 280 g/mol. The number of rotatable bonds is 3. The van der Waals surface area contributed by atoms with Crippen LogP contribution in [0.3, 0.4) is 0 Å². The molecule has 0 spiro atoms. The fraction of sp³-hybridized carbons (Fsp3) is 0. The monoisotopic (exact) mass is 280 g/mol. The average Bonchev–Trinajstić information content (AvgIpc) is 2.97. The lowest BCUT2D eigenvalue weighted by Crippen LogP contribution is -2.29. The number of hydrogen-bond acceptors (Lipinski definition) is 4. The molecular weight excluding hydrogens is 267 g/mol. The Morgan fingerprint density at radius 1 is 0.714 bits per heavy atom. The smallest absolute Gasteiger partial charge is 0.488 e. The Kier molecular flexibility index (Phi) is 3.52. The highest BCUT2D eigenvalue weighted by molar-refractivity contribution is 6.58. The fourth-order valence-corrected chi connectivity index (χ4v) is 2.22. The topological polar surface area (TPSA) is 73.8 Å². The molecule has 4 nitrogen and oxygen atoms in total. The summed E-state index contributed by atoms with van der Waals surface area (Å²) in [6.07, 6.45) is 3.29. The molecule has 0 unspecified atom stereocenters. The summed E-state index contributed by atoms with van der Waals surface area (Å²) in [5.74, 6) is 0.213. The Labute approximate surface area is 122 Å². The van der Waals surface area contributed by atoms with Gasteiger partial charge in [-0.2, -0.15) is 0 Å². The minimum Gasteiger partial charge on any atom is -0.508 e. The molecule has 0 fully saturated rings. The molecule has 5 heteroatoms. The first kappa shape index (κ1) is 13.5. The van der Waals surface area contributed by atoms with E-state index < -0.39 is 7.12 Å². The van der Waals surface area contributed by atoms with Gasteiger partial charge in [0, 0.05) is 11.1 Å². The van der Waals surface area contributed by atoms with E-state index in [1.807, 2.05) is 24.3 Å². The molecule has 21 heavy (non-hydrogen) atoms. The Hall–Kier alpha value is -2.50. The molecule has 104 valence electrons. The van der Waals surface area contributed by atoms with E-state index in [0.717, 1.165) is 22.3 Å². The van der Waals surface area contributed by atoms with E-state index in [2.05, 4.69) is 0 Å². The Morgan fingerprint density at radius 2 is 1.19 bits per heavy atom. The van der Waals surface area contributed by atoms with E-state index in [0.29, 0.717) is 5.46 Å². The van der Waals surface area contributed by atoms with Gasteiger partial charge in [-0.05, 0) is 28.7 Å². The third-order valence-electron chi connectivity index (χ3n) is 3.36. The van der Waals surface area contributed by atoms with Crippen LogP contribution in [0.5, 0.6) is 5.75 Å². The minimum absolute atomic E-state index is 0.213. The molecule has 0 amide bonds. The van der Waals surface area contributed by atoms with Crippen molar-refractivity contribution in [1.82, 2.24) is 0 Å². The molecular formula is C16H13BO4. The maximum atomic E-state index is 9.35. The second kappa shape index (κ2) is 5.48. The molecule has 2 aromatic carbocycles. The van der Waals surface area contributed by atoms with Crippen LogP contribution < -0.4 is 5.46 Å². The number of benzene rings is 2. The van der Waals surface area contributed by atoms with Crippen molar-refractivity contribution >= 4 is 12.6 Å². The molecule has 0 saturated carbocycles. The summed E-state index contributed by atoms with van der Waals surface area (Å²) in [4.78, 5) is 0. The van der Waals surface area contributed by atoms with Crippen LogP contribution in [-0.4, -0.2) is 22.3 Å². The van der Waals surface area contributed by atoms with Crippen LogP contribution in [0.1, 0.15) is 0 Å². The second-order valence-electron chi connectivity index (χ2n) is 4.74. The molecule has 0 bridgehead atoms. The summed E-state index contributed by atoms with van der Waals surface area (Å²) in [6.45, 7) is 0. The van der Waals surface area contributed by atoms with Gasteiger partial charge in [-0.15, -0.1) is 0 Å². The molecule has 1 aromatic heterocycles. The second-order valence-corrected chi connectivity index (χ2v) is 4.74. The van der Waals surface area contributed by atoms with Crippen molar-refractivity contribution in [3.05, 3.63) is 61.1 Å². The van der Waals surface area contributed by atoms with Gasteiger partial charge in [0.05, 0.1) is 12.5 Å². The van der Waals surface area contributed by atoms with Crippen molar-refractivity contribution in [2.24, 2.45) is 0 Å². The molecule has 3 aromatic rings. The van der Waals surface area contributed by atoms with Gasteiger partial charge in [-0.25, -0.2) is 0 Å². The molecule has 1 heterocycles. The zero-order chi connectivity index (χ0) is 14.8. The lowest BCUT2D eigenvalue weighted by molar-refractivity contribution is 0.426. The van der Waals surface area contributed by atoms with Crippen molar-refractivity contribution in [2.75, 3.05) is 0 Å². The summed E-state index contributed by atoms with van der Waals surface area (Å²) in [6, 6.07) is 13.8. The highest BCUT2D eigenvalue weighted by Crippen LogP contribution is 2.33. The number of furan rings is 1. The van der Waals surface area contributed by atoms with Gasteiger partial charge in [0.1, 0.15) is 5.75 Å². The van der Waals surface area contributed by atoms with E-state index in [1.165, 1.54) is 0 Å². The van der Waals surface area contributed by atoms with Gasteiger partial charge < -0.3 is 19.6 Å². The van der Waals surface area contributed by atoms with Crippen LogP contribution in [0.2, 0.25) is 0 Å². The van der Waals surface area contributed by atoms with Gasteiger partial charge >= 0.3 is 7.12 Å². The van der Waals surface area contributed by atoms with Crippen molar-refractivity contribution in [1.29, 1.82) is 0 Å². The van der Waals surface area contributed by atoms with Crippen LogP contribution in [0.4, 0.5) is 0 Å². The van der Waals surface area contributed by atoms with Crippen LogP contribution in [-0.2, 0) is 0 Å². The highest BCUT2D eigenvalue weighted by atomic mass is 16.4. The first-order valence-electron chi connectivity index (χ1n) is 6.47. The Bertz CT molecular complexity index is 730.